The van der Waals surface area contributed by atoms with E-state index >= 15 is 0 Å². The van der Waals surface area contributed by atoms with Crippen molar-refractivity contribution in [1.29, 1.82) is 0 Å². The van der Waals surface area contributed by atoms with Crippen LogP contribution in [-0.4, -0.2) is 24.1 Å². The topological polar surface area (TPSA) is 52.6 Å². The monoisotopic (exact) mass is 570 g/mol. The third kappa shape index (κ3) is 5.22. The van der Waals surface area contributed by atoms with Gasteiger partial charge in [-0.05, 0) is 83.4 Å². The molecule has 7 rings (SSSR count). The van der Waals surface area contributed by atoms with E-state index in [1.54, 1.807) is 0 Å². The predicted molar refractivity (Wildman–Crippen MR) is 166 cm³/mol. The third-order valence-corrected chi connectivity index (χ3v) is 11.4. The highest BCUT2D eigenvalue weighted by molar-refractivity contribution is 5.88. The molecule has 2 saturated carbocycles. The van der Waals surface area contributed by atoms with Gasteiger partial charge < -0.3 is 9.47 Å². The zero-order valence-corrected chi connectivity index (χ0v) is 26.4. The van der Waals surface area contributed by atoms with Crippen LogP contribution in [0.2, 0.25) is 0 Å². The number of hydrogen-bond donors (Lipinski definition) is 0. The van der Waals surface area contributed by atoms with Gasteiger partial charge in [0.1, 0.15) is 12.2 Å². The number of carbonyl (C=O) groups is 2. The first-order chi connectivity index (χ1) is 20.2. The van der Waals surface area contributed by atoms with Gasteiger partial charge in [-0.25, -0.2) is 0 Å². The first kappa shape index (κ1) is 29.5. The molecule has 226 valence electrons. The van der Waals surface area contributed by atoms with E-state index in [1.165, 1.54) is 12.8 Å². The fourth-order valence-electron chi connectivity index (χ4n) is 9.20. The lowest BCUT2D eigenvalue weighted by atomic mass is 9.54. The van der Waals surface area contributed by atoms with Crippen molar-refractivity contribution in [1.82, 2.24) is 0 Å². The number of hydrogen-bond acceptors (Lipinski definition) is 4. The van der Waals surface area contributed by atoms with Crippen molar-refractivity contribution in [2.45, 2.75) is 104 Å². The van der Waals surface area contributed by atoms with Crippen LogP contribution >= 0.6 is 0 Å². The minimum atomic E-state index is -0.587. The minimum absolute atomic E-state index is 0.103. The fourth-order valence-corrected chi connectivity index (χ4v) is 9.20. The summed E-state index contributed by atoms with van der Waals surface area (Å²) in [7, 11) is 0. The largest absolute Gasteiger partial charge is 0.462 e. The maximum Gasteiger partial charge on any atom is 0.311 e. The Morgan fingerprint density at radius 1 is 0.595 bits per heavy atom. The molecule has 4 heteroatoms. The maximum atomic E-state index is 14.6. The van der Waals surface area contributed by atoms with Gasteiger partial charge in [-0.2, -0.15) is 0 Å². The SMILES string of the molecule is CC(C)[C@H]1CC[C@@H](C)C[C@H]1OC(=O)[C@@H]1C2c3ccccc3C(c3ccccc32)[C@H]1C(=O)O[C@@H]1C[C@H](C)CC[C@@H]1C(C)C. The molecule has 0 aromatic heterocycles. The van der Waals surface area contributed by atoms with E-state index in [4.69, 9.17) is 9.47 Å². The van der Waals surface area contributed by atoms with Crippen molar-refractivity contribution >= 4 is 11.9 Å². The standard InChI is InChI=1S/C38H50O4/c1-21(2)25-17-15-23(5)19-31(25)41-37(39)35-33-27-11-7-9-13-29(27)34(30-14-10-8-12-28(30)33)36(35)38(40)42-32-20-24(6)16-18-26(32)22(3)4/h7-14,21-26,31-36H,15-20H2,1-6H3/t23-,24-,25-,26-,31-,32-,33?,34?,35-,36-/m1/s1. The van der Waals surface area contributed by atoms with Crippen LogP contribution in [0.4, 0.5) is 0 Å². The number of rotatable bonds is 6. The van der Waals surface area contributed by atoms with Crippen molar-refractivity contribution in [2.24, 2.45) is 47.3 Å². The molecular formula is C38H50O4. The Morgan fingerprint density at radius 3 is 1.24 bits per heavy atom. The molecule has 2 aromatic rings. The van der Waals surface area contributed by atoms with Crippen molar-refractivity contribution in [3.63, 3.8) is 0 Å². The van der Waals surface area contributed by atoms with Crippen LogP contribution in [-0.2, 0) is 19.1 Å². The molecule has 0 amide bonds. The van der Waals surface area contributed by atoms with Gasteiger partial charge in [0, 0.05) is 11.8 Å². The van der Waals surface area contributed by atoms with Gasteiger partial charge in [0.2, 0.25) is 0 Å². The summed E-state index contributed by atoms with van der Waals surface area (Å²) in [4.78, 5) is 29.1. The molecule has 5 aliphatic rings. The molecule has 0 saturated heterocycles. The first-order valence-electron chi connectivity index (χ1n) is 16.7. The second-order valence-electron chi connectivity index (χ2n) is 14.9. The van der Waals surface area contributed by atoms with Crippen LogP contribution in [0.3, 0.4) is 0 Å². The van der Waals surface area contributed by atoms with E-state index in [0.29, 0.717) is 35.5 Å². The van der Waals surface area contributed by atoms with E-state index in [9.17, 15) is 9.59 Å². The number of ether oxygens (including phenoxy) is 2. The van der Waals surface area contributed by atoms with Gasteiger partial charge >= 0.3 is 11.9 Å². The Bertz CT molecular complexity index is 1150. The molecular weight excluding hydrogens is 520 g/mol. The minimum Gasteiger partial charge on any atom is -0.462 e. The quantitative estimate of drug-likeness (QED) is 0.327. The van der Waals surface area contributed by atoms with Crippen molar-refractivity contribution < 1.29 is 19.1 Å². The number of benzene rings is 2. The van der Waals surface area contributed by atoms with E-state index in [1.807, 2.05) is 0 Å². The molecule has 2 fully saturated rings. The molecule has 4 nitrogen and oxygen atoms in total. The third-order valence-electron chi connectivity index (χ3n) is 11.4. The Morgan fingerprint density at radius 2 is 0.929 bits per heavy atom. The van der Waals surface area contributed by atoms with E-state index in [-0.39, 0.29) is 36.0 Å². The molecule has 8 atom stereocenters. The summed E-state index contributed by atoms with van der Waals surface area (Å²) in [6.07, 6.45) is 6.11. The molecule has 42 heavy (non-hydrogen) atoms. The Labute approximate surface area is 253 Å². The first-order valence-corrected chi connectivity index (χ1v) is 16.7. The van der Waals surface area contributed by atoms with Crippen LogP contribution in [0.25, 0.3) is 0 Å². The predicted octanol–water partition coefficient (Wildman–Crippen LogP) is 8.52. The summed E-state index contributed by atoms with van der Waals surface area (Å²) >= 11 is 0. The Balaban J connectivity index is 1.39. The number of fused-ring (bicyclic) bond motifs is 1. The van der Waals surface area contributed by atoms with E-state index < -0.39 is 11.8 Å². The molecule has 0 unspecified atom stereocenters. The van der Waals surface area contributed by atoms with Crippen molar-refractivity contribution in [3.8, 4) is 0 Å². The van der Waals surface area contributed by atoms with Crippen LogP contribution in [0.5, 0.6) is 0 Å². The van der Waals surface area contributed by atoms with Gasteiger partial charge in [-0.3, -0.25) is 9.59 Å². The van der Waals surface area contributed by atoms with E-state index in [2.05, 4.69) is 90.1 Å². The summed E-state index contributed by atoms with van der Waals surface area (Å²) in [6, 6.07) is 16.9. The van der Waals surface area contributed by atoms with Crippen LogP contribution in [0, 0.1) is 47.3 Å². The molecule has 2 aromatic carbocycles. The lowest BCUT2D eigenvalue weighted by Crippen LogP contribution is -2.50. The molecule has 0 aliphatic heterocycles. The van der Waals surface area contributed by atoms with E-state index in [0.717, 1.165) is 47.9 Å². The highest BCUT2D eigenvalue weighted by Crippen LogP contribution is 2.59. The Kier molecular flexibility index (Phi) is 8.28. The second kappa shape index (κ2) is 11.8. The maximum absolute atomic E-state index is 14.6. The average molecular weight is 571 g/mol. The molecule has 0 radical (unpaired) electrons. The van der Waals surface area contributed by atoms with Gasteiger partial charge in [0.15, 0.2) is 0 Å². The number of esters is 2. The summed E-state index contributed by atoms with van der Waals surface area (Å²) in [5.74, 6) is 0.645. The highest BCUT2D eigenvalue weighted by atomic mass is 16.6. The molecule has 0 N–H and O–H groups in total. The fraction of sp³-hybridized carbons (Fsp3) is 0.632. The highest BCUT2D eigenvalue weighted by Gasteiger charge is 2.57. The van der Waals surface area contributed by atoms with Gasteiger partial charge in [0.25, 0.3) is 0 Å². The Hall–Kier alpha value is -2.62. The summed E-state index contributed by atoms with van der Waals surface area (Å²) < 4.78 is 13.1. The van der Waals surface area contributed by atoms with Crippen LogP contribution in [0.1, 0.15) is 114 Å². The van der Waals surface area contributed by atoms with Crippen LogP contribution < -0.4 is 0 Å². The summed E-state index contributed by atoms with van der Waals surface area (Å²) in [6.45, 7) is 13.5. The lowest BCUT2D eigenvalue weighted by molar-refractivity contribution is -0.176. The smallest absolute Gasteiger partial charge is 0.311 e. The van der Waals surface area contributed by atoms with Crippen molar-refractivity contribution in [2.75, 3.05) is 0 Å². The van der Waals surface area contributed by atoms with Crippen molar-refractivity contribution in [3.05, 3.63) is 70.8 Å². The molecule has 2 bridgehead atoms. The van der Waals surface area contributed by atoms with Gasteiger partial charge in [0.05, 0.1) is 11.8 Å². The summed E-state index contributed by atoms with van der Waals surface area (Å²) in [5.41, 5.74) is 4.65. The van der Waals surface area contributed by atoms with Gasteiger partial charge in [-0.1, -0.05) is 103 Å². The molecule has 0 spiro atoms. The molecule has 5 aliphatic carbocycles. The number of carbonyl (C=O) groups excluding carboxylic acids is 2. The average Bonchev–Trinajstić information content (AvgIpc) is 2.96. The zero-order valence-electron chi connectivity index (χ0n) is 26.4. The van der Waals surface area contributed by atoms with Gasteiger partial charge in [-0.15, -0.1) is 0 Å². The second-order valence-corrected chi connectivity index (χ2v) is 14.9. The normalized spacial score (nSPS) is 35.4. The summed E-state index contributed by atoms with van der Waals surface area (Å²) in [5, 5.41) is 0. The lowest BCUT2D eigenvalue weighted by Gasteiger charge is -2.49. The zero-order chi connectivity index (χ0) is 29.7. The molecule has 0 heterocycles. The van der Waals surface area contributed by atoms with Crippen LogP contribution in [0.15, 0.2) is 48.5 Å².